The van der Waals surface area contributed by atoms with Crippen LogP contribution >= 0.6 is 0 Å². The molecule has 0 aromatic heterocycles. The fraction of sp³-hybridized carbons (Fsp3) is 0.750. The molecule has 0 heterocycles. The number of halogens is 11. The van der Waals surface area contributed by atoms with E-state index in [0.29, 0.717) is 0 Å². The van der Waals surface area contributed by atoms with Crippen LogP contribution in [-0.2, 0) is 4.74 Å². The number of hydrogen-bond donors (Lipinski definition) is 0. The topological polar surface area (TPSA) is 9.23 Å². The van der Waals surface area contributed by atoms with Crippen molar-refractivity contribution in [1.29, 1.82) is 0 Å². The molecule has 12 heteroatoms. The first-order valence-electron chi connectivity index (χ1n) is 4.43. The van der Waals surface area contributed by atoms with Crippen LogP contribution in [0.1, 0.15) is 0 Å². The highest BCUT2D eigenvalue weighted by Gasteiger charge is 3.02. The first-order valence-corrected chi connectivity index (χ1v) is 4.43. The van der Waals surface area contributed by atoms with Gasteiger partial charge in [-0.2, -0.15) is 48.3 Å². The molecule has 0 bridgehead atoms. The Labute approximate surface area is 103 Å². The molecular formula is C8H3F11O. The molecule has 1 saturated carbocycles. The van der Waals surface area contributed by atoms with E-state index in [0.717, 1.165) is 0 Å². The summed E-state index contributed by atoms with van der Waals surface area (Å²) in [4.78, 5) is 0. The summed E-state index contributed by atoms with van der Waals surface area (Å²) in [6.45, 7) is 2.26. The molecule has 0 aromatic carbocycles. The van der Waals surface area contributed by atoms with Crippen molar-refractivity contribution >= 4 is 0 Å². The van der Waals surface area contributed by atoms with Crippen LogP contribution in [-0.4, -0.2) is 35.5 Å². The fourth-order valence-electron chi connectivity index (χ4n) is 1.46. The monoisotopic (exact) mass is 324 g/mol. The van der Waals surface area contributed by atoms with Crippen molar-refractivity contribution in [2.45, 2.75) is 35.5 Å². The van der Waals surface area contributed by atoms with Gasteiger partial charge in [-0.15, -0.1) is 0 Å². The Balaban J connectivity index is 3.78. The Morgan fingerprint density at radius 3 is 1.05 bits per heavy atom. The van der Waals surface area contributed by atoms with E-state index in [9.17, 15) is 48.3 Å². The molecule has 1 aliphatic rings. The predicted molar refractivity (Wildman–Crippen MR) is 39.9 cm³/mol. The van der Waals surface area contributed by atoms with E-state index in [4.69, 9.17) is 0 Å². The standard InChI is InChI=1S/C8H3F11O/c1-2-20-8(19)6(15,16)4(11,12)3(9,10)5(13,14)7(8,17)18/h2H,1H2. The molecule has 1 nitrogen and oxygen atoms in total. The molecule has 1 aliphatic carbocycles. The fourth-order valence-corrected chi connectivity index (χ4v) is 1.46. The van der Waals surface area contributed by atoms with Crippen LogP contribution in [0.4, 0.5) is 48.3 Å². The van der Waals surface area contributed by atoms with E-state index in [1.54, 1.807) is 0 Å². The molecule has 20 heavy (non-hydrogen) atoms. The second kappa shape index (κ2) is 3.70. The minimum absolute atomic E-state index is 0.614. The lowest BCUT2D eigenvalue weighted by molar-refractivity contribution is -0.518. The highest BCUT2D eigenvalue weighted by molar-refractivity contribution is 5.23. The van der Waals surface area contributed by atoms with Gasteiger partial charge >= 0.3 is 35.5 Å². The van der Waals surface area contributed by atoms with Crippen molar-refractivity contribution in [3.8, 4) is 0 Å². The van der Waals surface area contributed by atoms with E-state index in [2.05, 4.69) is 11.3 Å². The zero-order valence-electron chi connectivity index (χ0n) is 8.85. The summed E-state index contributed by atoms with van der Waals surface area (Å²) < 4.78 is 144. The lowest BCUT2D eigenvalue weighted by Gasteiger charge is -2.51. The van der Waals surface area contributed by atoms with E-state index in [1.807, 2.05) is 0 Å². The molecule has 0 spiro atoms. The molecule has 0 aromatic rings. The van der Waals surface area contributed by atoms with Gasteiger partial charge in [0.2, 0.25) is 0 Å². The second-order valence-corrected chi connectivity index (χ2v) is 3.75. The maximum absolute atomic E-state index is 13.4. The third-order valence-electron chi connectivity index (χ3n) is 2.63. The van der Waals surface area contributed by atoms with Gasteiger partial charge in [-0.1, -0.05) is 6.58 Å². The predicted octanol–water partition coefficient (Wildman–Crippen LogP) is 4.00. The van der Waals surface area contributed by atoms with Crippen LogP contribution in [0.15, 0.2) is 12.8 Å². The first-order chi connectivity index (χ1) is 8.56. The molecular weight excluding hydrogens is 321 g/mol. The van der Waals surface area contributed by atoms with Gasteiger partial charge < -0.3 is 4.74 Å². The highest BCUT2D eigenvalue weighted by Crippen LogP contribution is 2.69. The third kappa shape index (κ3) is 1.29. The molecule has 1 rings (SSSR count). The van der Waals surface area contributed by atoms with Gasteiger partial charge in [0, 0.05) is 0 Å². The van der Waals surface area contributed by atoms with Gasteiger partial charge in [0.25, 0.3) is 0 Å². The normalized spacial score (nSPS) is 31.4. The zero-order valence-corrected chi connectivity index (χ0v) is 8.85. The Morgan fingerprint density at radius 1 is 0.550 bits per heavy atom. The molecule has 0 radical (unpaired) electrons. The van der Waals surface area contributed by atoms with Crippen molar-refractivity contribution < 1.29 is 53.0 Å². The summed E-state index contributed by atoms with van der Waals surface area (Å²) in [5.74, 6) is -41.9. The Morgan fingerprint density at radius 2 is 0.800 bits per heavy atom. The maximum atomic E-state index is 13.4. The lowest BCUT2D eigenvalue weighted by atomic mass is 9.78. The van der Waals surface area contributed by atoms with Crippen molar-refractivity contribution in [3.05, 3.63) is 12.8 Å². The minimum atomic E-state index is -7.23. The van der Waals surface area contributed by atoms with Gasteiger partial charge in [-0.05, 0) is 0 Å². The Kier molecular flexibility index (Phi) is 3.11. The van der Waals surface area contributed by atoms with Gasteiger partial charge in [0.1, 0.15) is 0 Å². The summed E-state index contributed by atoms with van der Waals surface area (Å²) in [5, 5.41) is 0. The smallest absolute Gasteiger partial charge is 0.391 e. The Bertz CT molecular complexity index is 396. The van der Waals surface area contributed by atoms with Crippen LogP contribution in [0.3, 0.4) is 0 Å². The van der Waals surface area contributed by atoms with Crippen LogP contribution in [0.2, 0.25) is 0 Å². The lowest BCUT2D eigenvalue weighted by Crippen LogP contribution is -2.84. The van der Waals surface area contributed by atoms with Gasteiger partial charge in [0.05, 0.1) is 6.26 Å². The second-order valence-electron chi connectivity index (χ2n) is 3.75. The Hall–Kier alpha value is -1.23. The van der Waals surface area contributed by atoms with Gasteiger partial charge in [0.15, 0.2) is 0 Å². The SMILES string of the molecule is C=COC1(F)C(F)(F)C(F)(F)C(F)(F)C(F)(F)C1(F)F. The molecule has 0 aliphatic heterocycles. The number of rotatable bonds is 2. The van der Waals surface area contributed by atoms with E-state index in [-0.39, 0.29) is 0 Å². The molecule has 0 atom stereocenters. The van der Waals surface area contributed by atoms with Crippen LogP contribution in [0, 0.1) is 0 Å². The maximum Gasteiger partial charge on any atom is 0.391 e. The largest absolute Gasteiger partial charge is 0.456 e. The molecule has 118 valence electrons. The van der Waals surface area contributed by atoms with Crippen molar-refractivity contribution in [1.82, 2.24) is 0 Å². The van der Waals surface area contributed by atoms with Crippen molar-refractivity contribution in [3.63, 3.8) is 0 Å². The van der Waals surface area contributed by atoms with Gasteiger partial charge in [-0.25, -0.2) is 0 Å². The van der Waals surface area contributed by atoms with Crippen LogP contribution in [0.25, 0.3) is 0 Å². The average Bonchev–Trinajstić information content (AvgIpc) is 2.26. The third-order valence-corrected chi connectivity index (χ3v) is 2.63. The number of ether oxygens (including phenoxy) is 1. The summed E-state index contributed by atoms with van der Waals surface area (Å²) in [6, 6.07) is 0. The molecule has 0 N–H and O–H groups in total. The molecule has 0 amide bonds. The summed E-state index contributed by atoms with van der Waals surface area (Å²) in [7, 11) is 0. The van der Waals surface area contributed by atoms with Crippen LogP contribution < -0.4 is 0 Å². The number of hydrogen-bond acceptors (Lipinski definition) is 1. The van der Waals surface area contributed by atoms with Crippen molar-refractivity contribution in [2.75, 3.05) is 0 Å². The quantitative estimate of drug-likeness (QED) is 0.551. The minimum Gasteiger partial charge on any atom is -0.456 e. The summed E-state index contributed by atoms with van der Waals surface area (Å²) >= 11 is 0. The summed E-state index contributed by atoms with van der Waals surface area (Å²) in [6.07, 6.45) is -0.614. The van der Waals surface area contributed by atoms with E-state index >= 15 is 0 Å². The first kappa shape index (κ1) is 16.8. The molecule has 0 saturated heterocycles. The average molecular weight is 324 g/mol. The van der Waals surface area contributed by atoms with Crippen molar-refractivity contribution in [2.24, 2.45) is 0 Å². The zero-order chi connectivity index (χ0) is 16.4. The summed E-state index contributed by atoms with van der Waals surface area (Å²) in [5.41, 5.74) is 0. The molecule has 0 unspecified atom stereocenters. The van der Waals surface area contributed by atoms with Crippen LogP contribution in [0.5, 0.6) is 0 Å². The van der Waals surface area contributed by atoms with E-state index < -0.39 is 41.7 Å². The van der Waals surface area contributed by atoms with E-state index in [1.165, 1.54) is 0 Å². The highest BCUT2D eigenvalue weighted by atomic mass is 19.4. The molecule has 1 fully saturated rings. The van der Waals surface area contributed by atoms with Gasteiger partial charge in [-0.3, -0.25) is 0 Å². The number of alkyl halides is 11.